The summed E-state index contributed by atoms with van der Waals surface area (Å²) in [5.74, 6) is -0.428. The highest BCUT2D eigenvalue weighted by molar-refractivity contribution is 7.13. The second-order valence-corrected chi connectivity index (χ2v) is 12.2. The molecule has 7 nitrogen and oxygen atoms in total. The van der Waals surface area contributed by atoms with Crippen LogP contribution in [0.2, 0.25) is 0 Å². The van der Waals surface area contributed by atoms with Crippen molar-refractivity contribution in [3.05, 3.63) is 57.1 Å². The minimum Gasteiger partial charge on any atom is -0.391 e. The molecule has 35 heavy (non-hydrogen) atoms. The molecule has 4 rings (SSSR count). The van der Waals surface area contributed by atoms with Crippen molar-refractivity contribution >= 4 is 34.5 Å². The van der Waals surface area contributed by atoms with Crippen LogP contribution in [0.5, 0.6) is 0 Å². The second kappa shape index (κ2) is 10.2. The van der Waals surface area contributed by atoms with Crippen LogP contribution in [0.3, 0.4) is 0 Å². The van der Waals surface area contributed by atoms with Gasteiger partial charge in [-0.2, -0.15) is 0 Å². The fraction of sp³-hybridized carbons (Fsp3) is 0.462. The van der Waals surface area contributed by atoms with Gasteiger partial charge in [0.1, 0.15) is 11.0 Å². The molecule has 1 aromatic carbocycles. The topological polar surface area (TPSA) is 95.4 Å². The van der Waals surface area contributed by atoms with Crippen molar-refractivity contribution in [1.29, 1.82) is 0 Å². The minimum absolute atomic E-state index is 0.181. The number of carbonyl (C=O) groups excluding carboxylic acids is 2. The number of rotatable bonds is 6. The Morgan fingerprint density at radius 3 is 2.54 bits per heavy atom. The number of amides is 2. The number of aromatic nitrogens is 2. The molecule has 3 atom stereocenters. The summed E-state index contributed by atoms with van der Waals surface area (Å²) in [5, 5.41) is 14.0. The Balaban J connectivity index is 1.50. The van der Waals surface area contributed by atoms with E-state index in [1.54, 1.807) is 27.6 Å². The molecule has 1 saturated heterocycles. The van der Waals surface area contributed by atoms with Crippen molar-refractivity contribution in [3.63, 3.8) is 0 Å². The number of nitrogens with one attached hydrogen (secondary N) is 1. The third-order valence-corrected chi connectivity index (χ3v) is 8.30. The van der Waals surface area contributed by atoms with Crippen LogP contribution in [0.15, 0.2) is 36.0 Å². The first-order valence-corrected chi connectivity index (χ1v) is 13.4. The molecule has 0 radical (unpaired) electrons. The normalized spacial score (nSPS) is 19.1. The Kier molecular flexibility index (Phi) is 7.40. The number of benzene rings is 1. The number of likely N-dealkylation sites (tertiary alicyclic amines) is 1. The van der Waals surface area contributed by atoms with E-state index >= 15 is 0 Å². The summed E-state index contributed by atoms with van der Waals surface area (Å²) in [7, 11) is 0. The lowest BCUT2D eigenvalue weighted by Crippen LogP contribution is -2.54. The van der Waals surface area contributed by atoms with Gasteiger partial charge in [0, 0.05) is 37.4 Å². The summed E-state index contributed by atoms with van der Waals surface area (Å²) < 4.78 is 0. The van der Waals surface area contributed by atoms with Gasteiger partial charge in [-0.05, 0) is 23.5 Å². The lowest BCUT2D eigenvalue weighted by Gasteiger charge is -2.35. The predicted octanol–water partition coefficient (Wildman–Crippen LogP) is 4.35. The van der Waals surface area contributed by atoms with Gasteiger partial charge >= 0.3 is 0 Å². The smallest absolute Gasteiger partial charge is 0.246 e. The van der Waals surface area contributed by atoms with E-state index in [4.69, 9.17) is 0 Å². The lowest BCUT2D eigenvalue weighted by atomic mass is 9.85. The first-order valence-electron chi connectivity index (χ1n) is 11.7. The van der Waals surface area contributed by atoms with E-state index in [-0.39, 0.29) is 24.4 Å². The van der Waals surface area contributed by atoms with Crippen molar-refractivity contribution in [2.24, 2.45) is 5.41 Å². The molecule has 2 amide bonds. The van der Waals surface area contributed by atoms with E-state index in [1.165, 1.54) is 22.9 Å². The first-order chi connectivity index (χ1) is 16.5. The van der Waals surface area contributed by atoms with Gasteiger partial charge in [0.25, 0.3) is 0 Å². The number of aliphatic hydroxyl groups excluding tert-OH is 1. The number of β-amino-alcohol motifs (C(OH)–C–C–N with tert-alkyl or cyclic N) is 1. The Labute approximate surface area is 214 Å². The van der Waals surface area contributed by atoms with Crippen LogP contribution in [0, 0.1) is 12.3 Å². The van der Waals surface area contributed by atoms with Crippen LogP contribution in [-0.4, -0.2) is 50.5 Å². The third-order valence-electron chi connectivity index (χ3n) is 6.22. The van der Waals surface area contributed by atoms with Crippen LogP contribution in [-0.2, 0) is 16.0 Å². The summed E-state index contributed by atoms with van der Waals surface area (Å²) in [5.41, 5.74) is 4.80. The summed E-state index contributed by atoms with van der Waals surface area (Å²) in [4.78, 5) is 38.2. The highest BCUT2D eigenvalue weighted by Crippen LogP contribution is 2.37. The van der Waals surface area contributed by atoms with Crippen LogP contribution in [0.4, 0.5) is 0 Å². The molecular weight excluding hydrogens is 480 g/mol. The maximum atomic E-state index is 13.5. The molecule has 1 aliphatic rings. The summed E-state index contributed by atoms with van der Waals surface area (Å²) in [6.45, 7) is 9.46. The van der Waals surface area contributed by atoms with Crippen molar-refractivity contribution < 1.29 is 14.7 Å². The molecule has 0 aliphatic carbocycles. The molecular formula is C26H32N4O3S2. The van der Waals surface area contributed by atoms with Crippen LogP contribution >= 0.6 is 22.7 Å². The molecule has 2 N–H and O–H groups in total. The minimum atomic E-state index is -0.673. The molecule has 0 saturated carbocycles. The predicted molar refractivity (Wildman–Crippen MR) is 139 cm³/mol. The third kappa shape index (κ3) is 5.79. The second-order valence-electron chi connectivity index (χ2n) is 10.2. The summed E-state index contributed by atoms with van der Waals surface area (Å²) in [6.07, 6.45) is 2.44. The maximum Gasteiger partial charge on any atom is 0.246 e. The molecule has 0 unspecified atom stereocenters. The largest absolute Gasteiger partial charge is 0.391 e. The number of hydrogen-bond donors (Lipinski definition) is 2. The molecule has 1 aliphatic heterocycles. The standard InChI is InChI=1S/C26H32N4O3S2/c1-15-22(34-14-28-15)18-8-6-17(7-9-18)10-20-12-27-24(35-20)21-11-19(32)13-30(21)25(33)23(26(3,4)5)29-16(2)31/h6-9,12,14,19,21,23,32H,10-11,13H2,1-5H3,(H,29,31)/t19-,21+,23-/m1/s1. The number of aliphatic hydroxyl groups is 1. The zero-order valence-electron chi connectivity index (χ0n) is 20.7. The molecule has 186 valence electrons. The number of aryl methyl sites for hydroxylation is 1. The van der Waals surface area contributed by atoms with Gasteiger partial charge < -0.3 is 15.3 Å². The van der Waals surface area contributed by atoms with Gasteiger partial charge in [-0.3, -0.25) is 9.59 Å². The van der Waals surface area contributed by atoms with Gasteiger partial charge in [0.15, 0.2) is 0 Å². The van der Waals surface area contributed by atoms with Crippen molar-refractivity contribution in [2.45, 2.75) is 65.6 Å². The fourth-order valence-corrected chi connectivity index (χ4v) is 6.31. The quantitative estimate of drug-likeness (QED) is 0.512. The molecule has 9 heteroatoms. The average molecular weight is 513 g/mol. The molecule has 1 fully saturated rings. The van der Waals surface area contributed by atoms with E-state index in [2.05, 4.69) is 39.6 Å². The Bertz CT molecular complexity index is 1200. The van der Waals surface area contributed by atoms with E-state index < -0.39 is 17.6 Å². The Morgan fingerprint density at radius 2 is 1.94 bits per heavy atom. The monoisotopic (exact) mass is 512 g/mol. The highest BCUT2D eigenvalue weighted by Gasteiger charge is 2.43. The summed E-state index contributed by atoms with van der Waals surface area (Å²) >= 11 is 3.22. The van der Waals surface area contributed by atoms with E-state index in [1.807, 2.05) is 39.4 Å². The fourth-order valence-electron chi connectivity index (χ4n) is 4.42. The van der Waals surface area contributed by atoms with Gasteiger partial charge in [0.05, 0.1) is 28.2 Å². The van der Waals surface area contributed by atoms with E-state index in [9.17, 15) is 14.7 Å². The molecule has 3 heterocycles. The number of carbonyl (C=O) groups is 2. The Morgan fingerprint density at radius 1 is 1.23 bits per heavy atom. The number of nitrogens with zero attached hydrogens (tertiary/aromatic N) is 3. The zero-order valence-corrected chi connectivity index (χ0v) is 22.4. The maximum absolute atomic E-state index is 13.5. The van der Waals surface area contributed by atoms with Gasteiger partial charge in [-0.25, -0.2) is 9.97 Å². The molecule has 0 bridgehead atoms. The van der Waals surface area contributed by atoms with Crippen molar-refractivity contribution in [2.75, 3.05) is 6.54 Å². The van der Waals surface area contributed by atoms with Crippen LogP contribution < -0.4 is 5.32 Å². The van der Waals surface area contributed by atoms with Crippen LogP contribution in [0.25, 0.3) is 10.4 Å². The average Bonchev–Trinajstić information content (AvgIpc) is 3.51. The number of thiazole rings is 2. The van der Waals surface area contributed by atoms with Crippen molar-refractivity contribution in [3.8, 4) is 10.4 Å². The number of hydrogen-bond acceptors (Lipinski definition) is 7. The molecule has 0 spiro atoms. The van der Waals surface area contributed by atoms with Gasteiger partial charge in [-0.1, -0.05) is 45.0 Å². The molecule has 3 aromatic rings. The van der Waals surface area contributed by atoms with Gasteiger partial charge in [-0.15, -0.1) is 22.7 Å². The summed E-state index contributed by atoms with van der Waals surface area (Å²) in [6, 6.07) is 7.54. The lowest BCUT2D eigenvalue weighted by molar-refractivity contribution is -0.140. The van der Waals surface area contributed by atoms with E-state index in [0.29, 0.717) is 6.42 Å². The highest BCUT2D eigenvalue weighted by atomic mass is 32.1. The van der Waals surface area contributed by atoms with Crippen molar-refractivity contribution in [1.82, 2.24) is 20.2 Å². The van der Waals surface area contributed by atoms with E-state index in [0.717, 1.165) is 22.0 Å². The zero-order chi connectivity index (χ0) is 25.3. The SMILES string of the molecule is CC(=O)N[C@H](C(=O)N1C[C@H](O)C[C@H]1c1ncc(Cc2ccc(-c3scnc3C)cc2)s1)C(C)(C)C. The van der Waals surface area contributed by atoms with Gasteiger partial charge in [0.2, 0.25) is 11.8 Å². The van der Waals surface area contributed by atoms with Crippen LogP contribution in [0.1, 0.15) is 61.3 Å². The molecule has 2 aromatic heterocycles. The first kappa shape index (κ1) is 25.5. The Hall–Kier alpha value is -2.62.